The van der Waals surface area contributed by atoms with E-state index >= 15 is 0 Å². The van der Waals surface area contributed by atoms with Gasteiger partial charge in [-0.3, -0.25) is 4.90 Å². The van der Waals surface area contributed by atoms with E-state index in [1.165, 1.54) is 5.82 Å². The number of nitrogens with one attached hydrogen (secondary N) is 1. The van der Waals surface area contributed by atoms with Gasteiger partial charge >= 0.3 is 0 Å². The quantitative estimate of drug-likeness (QED) is 0.766. The Morgan fingerprint density at radius 2 is 2.00 bits per heavy atom. The Hall–Kier alpha value is -1.89. The monoisotopic (exact) mass is 371 g/mol. The van der Waals surface area contributed by atoms with E-state index in [4.69, 9.17) is 16.0 Å². The van der Waals surface area contributed by atoms with Gasteiger partial charge in [-0.2, -0.15) is 0 Å². The summed E-state index contributed by atoms with van der Waals surface area (Å²) in [7, 11) is 0. The largest absolute Gasteiger partial charge is 0.444 e. The number of para-hydroxylation sites is 1. The highest BCUT2D eigenvalue weighted by Crippen LogP contribution is 2.33. The Kier molecular flexibility index (Phi) is 4.19. The molecule has 0 saturated carbocycles. The lowest BCUT2D eigenvalue weighted by atomic mass is 9.95. The predicted molar refractivity (Wildman–Crippen MR) is 100 cm³/mol. The van der Waals surface area contributed by atoms with E-state index in [0.717, 1.165) is 74.5 Å². The SMILES string of the molecule is Clc1oc2ccccc2c1CN1CCC(c2nnc3n2CCNC3)CC1. The number of furan rings is 1. The molecule has 6 nitrogen and oxygen atoms in total. The van der Waals surface area contributed by atoms with Crippen molar-refractivity contribution in [1.29, 1.82) is 0 Å². The second kappa shape index (κ2) is 6.68. The predicted octanol–water partition coefficient (Wildman–Crippen LogP) is 3.16. The number of hydrogen-bond acceptors (Lipinski definition) is 5. The number of benzene rings is 1. The number of nitrogens with zero attached hydrogens (tertiary/aromatic N) is 4. The van der Waals surface area contributed by atoms with Gasteiger partial charge in [0.25, 0.3) is 0 Å². The molecule has 3 aromatic rings. The van der Waals surface area contributed by atoms with Gasteiger partial charge in [-0.25, -0.2) is 0 Å². The van der Waals surface area contributed by atoms with Crippen molar-refractivity contribution < 1.29 is 4.42 Å². The summed E-state index contributed by atoms with van der Waals surface area (Å²) in [4.78, 5) is 2.47. The second-order valence-corrected chi connectivity index (χ2v) is 7.55. The zero-order valence-corrected chi connectivity index (χ0v) is 15.4. The summed E-state index contributed by atoms with van der Waals surface area (Å²) in [6.07, 6.45) is 2.22. The van der Waals surface area contributed by atoms with Crippen molar-refractivity contribution in [2.75, 3.05) is 19.6 Å². The van der Waals surface area contributed by atoms with Crippen LogP contribution in [0.4, 0.5) is 0 Å². The van der Waals surface area contributed by atoms with Crippen LogP contribution >= 0.6 is 11.6 Å². The van der Waals surface area contributed by atoms with Crippen LogP contribution in [0.2, 0.25) is 5.22 Å². The Morgan fingerprint density at radius 1 is 1.15 bits per heavy atom. The first kappa shape index (κ1) is 16.3. The lowest BCUT2D eigenvalue weighted by Crippen LogP contribution is -2.34. The van der Waals surface area contributed by atoms with Crippen LogP contribution in [0.1, 0.15) is 36.0 Å². The zero-order chi connectivity index (χ0) is 17.5. The van der Waals surface area contributed by atoms with E-state index in [-0.39, 0.29) is 0 Å². The fourth-order valence-corrected chi connectivity index (χ4v) is 4.45. The molecule has 2 aliphatic rings. The third-order valence-corrected chi connectivity index (χ3v) is 5.94. The van der Waals surface area contributed by atoms with E-state index in [1.54, 1.807) is 0 Å². The first-order valence-corrected chi connectivity index (χ1v) is 9.68. The lowest BCUT2D eigenvalue weighted by Gasteiger charge is -2.32. The molecule has 0 spiro atoms. The Morgan fingerprint density at radius 3 is 2.88 bits per heavy atom. The van der Waals surface area contributed by atoms with Gasteiger partial charge in [-0.05, 0) is 43.6 Å². The Balaban J connectivity index is 1.29. The summed E-state index contributed by atoms with van der Waals surface area (Å²) in [6, 6.07) is 8.07. The number of piperidine rings is 1. The molecular weight excluding hydrogens is 350 g/mol. The van der Waals surface area contributed by atoms with Crippen LogP contribution in [0.25, 0.3) is 11.0 Å². The Labute approximate surface area is 157 Å². The number of hydrogen-bond donors (Lipinski definition) is 1. The van der Waals surface area contributed by atoms with Crippen molar-refractivity contribution in [3.63, 3.8) is 0 Å². The zero-order valence-electron chi connectivity index (χ0n) is 14.6. The van der Waals surface area contributed by atoms with Gasteiger partial charge in [-0.15, -0.1) is 10.2 Å². The van der Waals surface area contributed by atoms with Gasteiger partial charge in [-0.1, -0.05) is 18.2 Å². The van der Waals surface area contributed by atoms with Crippen LogP contribution < -0.4 is 5.32 Å². The molecule has 0 aliphatic carbocycles. The van der Waals surface area contributed by atoms with Gasteiger partial charge in [0.1, 0.15) is 17.2 Å². The van der Waals surface area contributed by atoms with Crippen molar-refractivity contribution in [1.82, 2.24) is 25.0 Å². The van der Waals surface area contributed by atoms with E-state index in [0.29, 0.717) is 11.1 Å². The van der Waals surface area contributed by atoms with Gasteiger partial charge < -0.3 is 14.3 Å². The van der Waals surface area contributed by atoms with Crippen molar-refractivity contribution in [3.05, 3.63) is 46.7 Å². The molecule has 0 amide bonds. The third kappa shape index (κ3) is 2.82. The summed E-state index contributed by atoms with van der Waals surface area (Å²) >= 11 is 6.36. The molecule has 0 unspecified atom stereocenters. The molecule has 0 radical (unpaired) electrons. The van der Waals surface area contributed by atoms with E-state index in [1.807, 2.05) is 18.2 Å². The van der Waals surface area contributed by atoms with E-state index in [2.05, 4.69) is 31.0 Å². The van der Waals surface area contributed by atoms with Gasteiger partial charge in [0.15, 0.2) is 5.22 Å². The maximum atomic E-state index is 6.36. The smallest absolute Gasteiger partial charge is 0.199 e. The first-order valence-electron chi connectivity index (χ1n) is 9.30. The molecule has 136 valence electrons. The summed E-state index contributed by atoms with van der Waals surface area (Å²) in [6.45, 7) is 5.74. The standard InChI is InChI=1S/C19H22ClN5O/c20-18-15(14-3-1-2-4-16(14)26-18)12-24-8-5-13(6-9-24)19-23-22-17-11-21-7-10-25(17)19/h1-4,13,21H,5-12H2. The van der Waals surface area contributed by atoms with Gasteiger partial charge in [0.05, 0.1) is 6.54 Å². The van der Waals surface area contributed by atoms with Crippen molar-refractivity contribution in [2.24, 2.45) is 0 Å². The van der Waals surface area contributed by atoms with Crippen LogP contribution in [0.15, 0.2) is 28.7 Å². The molecule has 5 rings (SSSR count). The highest BCUT2D eigenvalue weighted by molar-refractivity contribution is 6.30. The number of halogens is 1. The van der Waals surface area contributed by atoms with Gasteiger partial charge in [0, 0.05) is 36.5 Å². The molecule has 1 fully saturated rings. The van der Waals surface area contributed by atoms with E-state index in [9.17, 15) is 0 Å². The van der Waals surface area contributed by atoms with E-state index < -0.39 is 0 Å². The molecule has 1 aromatic carbocycles. The minimum Gasteiger partial charge on any atom is -0.444 e. The fraction of sp³-hybridized carbons (Fsp3) is 0.474. The van der Waals surface area contributed by atoms with Crippen LogP contribution in [0.3, 0.4) is 0 Å². The van der Waals surface area contributed by atoms with Crippen LogP contribution in [-0.2, 0) is 19.6 Å². The molecule has 26 heavy (non-hydrogen) atoms. The van der Waals surface area contributed by atoms with Gasteiger partial charge in [0.2, 0.25) is 0 Å². The lowest BCUT2D eigenvalue weighted by molar-refractivity contribution is 0.199. The molecule has 7 heteroatoms. The fourth-order valence-electron chi connectivity index (χ4n) is 4.21. The molecule has 4 heterocycles. The normalized spacial score (nSPS) is 19.1. The highest BCUT2D eigenvalue weighted by atomic mass is 35.5. The third-order valence-electron chi connectivity index (χ3n) is 5.63. The minimum absolute atomic E-state index is 0.502. The summed E-state index contributed by atoms with van der Waals surface area (Å²) < 4.78 is 8.01. The number of fused-ring (bicyclic) bond motifs is 2. The minimum atomic E-state index is 0.502. The number of aromatic nitrogens is 3. The average molecular weight is 372 g/mol. The molecule has 2 aromatic heterocycles. The molecular formula is C19H22ClN5O. The molecule has 2 aliphatic heterocycles. The van der Waals surface area contributed by atoms with Crippen molar-refractivity contribution in [2.45, 2.75) is 38.4 Å². The number of rotatable bonds is 3. The summed E-state index contributed by atoms with van der Waals surface area (Å²) in [5.41, 5.74) is 1.97. The molecule has 1 saturated heterocycles. The molecule has 1 N–H and O–H groups in total. The Bertz CT molecular complexity index is 925. The van der Waals surface area contributed by atoms with Crippen LogP contribution in [-0.4, -0.2) is 39.3 Å². The topological polar surface area (TPSA) is 59.1 Å². The van der Waals surface area contributed by atoms with Crippen LogP contribution in [0, 0.1) is 0 Å². The maximum absolute atomic E-state index is 6.36. The van der Waals surface area contributed by atoms with Crippen molar-refractivity contribution in [3.8, 4) is 0 Å². The average Bonchev–Trinajstić information content (AvgIpc) is 3.24. The van der Waals surface area contributed by atoms with Crippen molar-refractivity contribution >= 4 is 22.6 Å². The molecule has 0 atom stereocenters. The highest BCUT2D eigenvalue weighted by Gasteiger charge is 2.27. The second-order valence-electron chi connectivity index (χ2n) is 7.20. The van der Waals surface area contributed by atoms with Crippen LogP contribution in [0.5, 0.6) is 0 Å². The summed E-state index contributed by atoms with van der Waals surface area (Å²) in [5.74, 6) is 2.75. The number of likely N-dealkylation sites (tertiary alicyclic amines) is 1. The first-order chi connectivity index (χ1) is 12.8. The molecule has 0 bridgehead atoms. The maximum Gasteiger partial charge on any atom is 0.199 e. The summed E-state index contributed by atoms with van der Waals surface area (Å²) in [5, 5.41) is 13.9.